The van der Waals surface area contributed by atoms with Gasteiger partial charge in [-0.1, -0.05) is 6.07 Å². The van der Waals surface area contributed by atoms with Crippen molar-refractivity contribution < 1.29 is 4.39 Å². The summed E-state index contributed by atoms with van der Waals surface area (Å²) in [5.41, 5.74) is 3.58. The summed E-state index contributed by atoms with van der Waals surface area (Å²) in [7, 11) is 0. The lowest BCUT2D eigenvalue weighted by Crippen LogP contribution is -2.31. The first kappa shape index (κ1) is 11.2. The second-order valence-electron chi connectivity index (χ2n) is 5.48. The van der Waals surface area contributed by atoms with Crippen LogP contribution in [0.2, 0.25) is 0 Å². The molecule has 1 atom stereocenters. The highest BCUT2D eigenvalue weighted by atomic mass is 19.1. The van der Waals surface area contributed by atoms with Crippen LogP contribution in [0.1, 0.15) is 36.0 Å². The molecule has 0 amide bonds. The van der Waals surface area contributed by atoms with Crippen LogP contribution in [0, 0.1) is 11.7 Å². The van der Waals surface area contributed by atoms with E-state index in [9.17, 15) is 4.39 Å². The number of nitrogens with one attached hydrogen (secondary N) is 1. The maximum Gasteiger partial charge on any atom is 0.126 e. The Balaban J connectivity index is 1.78. The van der Waals surface area contributed by atoms with E-state index in [1.807, 2.05) is 0 Å². The summed E-state index contributed by atoms with van der Waals surface area (Å²) in [6.07, 6.45) is 6.79. The molecule has 17 heavy (non-hydrogen) atoms. The van der Waals surface area contributed by atoms with Crippen molar-refractivity contribution in [3.05, 3.63) is 34.6 Å². The molecule has 0 bridgehead atoms. The average molecular weight is 233 g/mol. The molecule has 92 valence electrons. The molecule has 1 unspecified atom stereocenters. The van der Waals surface area contributed by atoms with Crippen molar-refractivity contribution in [1.82, 2.24) is 5.32 Å². The lowest BCUT2D eigenvalue weighted by Gasteiger charge is -2.23. The van der Waals surface area contributed by atoms with Crippen molar-refractivity contribution in [3.8, 4) is 0 Å². The Labute approximate surface area is 102 Å². The van der Waals surface area contributed by atoms with E-state index in [0.29, 0.717) is 5.92 Å². The molecule has 1 heterocycles. The summed E-state index contributed by atoms with van der Waals surface area (Å²) in [4.78, 5) is 0. The molecule has 1 aliphatic heterocycles. The lowest BCUT2D eigenvalue weighted by molar-refractivity contribution is 0.372. The molecular weight excluding hydrogens is 213 g/mol. The number of halogens is 1. The van der Waals surface area contributed by atoms with E-state index in [1.54, 1.807) is 6.07 Å². The number of piperidine rings is 1. The van der Waals surface area contributed by atoms with Gasteiger partial charge in [0.2, 0.25) is 0 Å². The van der Waals surface area contributed by atoms with Gasteiger partial charge in [-0.25, -0.2) is 4.39 Å². The molecule has 1 aromatic rings. The molecule has 1 aliphatic carbocycles. The number of aryl methyl sites for hydroxylation is 2. The van der Waals surface area contributed by atoms with Gasteiger partial charge in [0.25, 0.3) is 0 Å². The van der Waals surface area contributed by atoms with Gasteiger partial charge in [-0.3, -0.25) is 0 Å². The normalized spacial score (nSPS) is 23.7. The minimum absolute atomic E-state index is 0.0243. The van der Waals surface area contributed by atoms with Gasteiger partial charge in [0.05, 0.1) is 0 Å². The van der Waals surface area contributed by atoms with E-state index >= 15 is 0 Å². The summed E-state index contributed by atoms with van der Waals surface area (Å²) < 4.78 is 14.0. The summed E-state index contributed by atoms with van der Waals surface area (Å²) in [5.74, 6) is 0.647. The summed E-state index contributed by atoms with van der Waals surface area (Å²) in [5, 5.41) is 3.40. The molecule has 3 rings (SSSR count). The van der Waals surface area contributed by atoms with Crippen molar-refractivity contribution in [1.29, 1.82) is 0 Å². The summed E-state index contributed by atoms with van der Waals surface area (Å²) >= 11 is 0. The van der Waals surface area contributed by atoms with E-state index < -0.39 is 0 Å². The van der Waals surface area contributed by atoms with Crippen LogP contribution < -0.4 is 5.32 Å². The monoisotopic (exact) mass is 233 g/mol. The van der Waals surface area contributed by atoms with Crippen molar-refractivity contribution in [3.63, 3.8) is 0 Å². The van der Waals surface area contributed by atoms with Gasteiger partial charge in [0.1, 0.15) is 5.82 Å². The quantitative estimate of drug-likeness (QED) is 0.828. The largest absolute Gasteiger partial charge is 0.316 e. The lowest BCUT2D eigenvalue weighted by atomic mass is 9.91. The van der Waals surface area contributed by atoms with Gasteiger partial charge in [0, 0.05) is 0 Å². The molecule has 0 spiro atoms. The Bertz CT molecular complexity index is 408. The first-order valence-electron chi connectivity index (χ1n) is 6.84. The van der Waals surface area contributed by atoms with Crippen LogP contribution >= 0.6 is 0 Å². The molecule has 0 aromatic heterocycles. The highest BCUT2D eigenvalue weighted by Gasteiger charge is 2.18. The standard InChI is InChI=1S/C15H20FN/c16-15-9-13-5-1-4-12(13)8-14(15)7-11-3-2-6-17-10-11/h8-9,11,17H,1-7,10H2. The Morgan fingerprint density at radius 1 is 1.18 bits per heavy atom. The SMILES string of the molecule is Fc1cc2c(cc1CC1CCCNC1)CCC2. The highest BCUT2D eigenvalue weighted by Crippen LogP contribution is 2.27. The fourth-order valence-electron chi connectivity index (χ4n) is 3.21. The summed E-state index contributed by atoms with van der Waals surface area (Å²) in [6.45, 7) is 2.18. The number of benzene rings is 1. The first-order chi connectivity index (χ1) is 8.33. The molecule has 1 saturated heterocycles. The average Bonchev–Trinajstić information content (AvgIpc) is 2.78. The number of fused-ring (bicyclic) bond motifs is 1. The fourth-order valence-corrected chi connectivity index (χ4v) is 3.21. The third-order valence-electron chi connectivity index (χ3n) is 4.17. The topological polar surface area (TPSA) is 12.0 Å². The molecule has 1 fully saturated rings. The van der Waals surface area contributed by atoms with E-state index in [0.717, 1.165) is 37.9 Å². The maximum absolute atomic E-state index is 14.0. The smallest absolute Gasteiger partial charge is 0.126 e. The van der Waals surface area contributed by atoms with Crippen LogP contribution in [0.15, 0.2) is 12.1 Å². The zero-order valence-electron chi connectivity index (χ0n) is 10.3. The van der Waals surface area contributed by atoms with Crippen LogP contribution in [0.3, 0.4) is 0 Å². The third kappa shape index (κ3) is 2.37. The number of hydrogen-bond donors (Lipinski definition) is 1. The Hall–Kier alpha value is -0.890. The van der Waals surface area contributed by atoms with E-state index in [1.165, 1.54) is 30.4 Å². The Kier molecular flexibility index (Phi) is 3.15. The van der Waals surface area contributed by atoms with Gasteiger partial charge in [-0.15, -0.1) is 0 Å². The first-order valence-corrected chi connectivity index (χ1v) is 6.84. The zero-order chi connectivity index (χ0) is 11.7. The van der Waals surface area contributed by atoms with Crippen LogP contribution in [0.25, 0.3) is 0 Å². The molecule has 0 radical (unpaired) electrons. The van der Waals surface area contributed by atoms with Crippen molar-refractivity contribution in [2.75, 3.05) is 13.1 Å². The minimum Gasteiger partial charge on any atom is -0.316 e. The van der Waals surface area contributed by atoms with E-state index in [2.05, 4.69) is 11.4 Å². The predicted octanol–water partition coefficient (Wildman–Crippen LogP) is 2.86. The molecule has 1 N–H and O–H groups in total. The molecule has 0 saturated carbocycles. The third-order valence-corrected chi connectivity index (χ3v) is 4.17. The molecule has 2 aliphatic rings. The fraction of sp³-hybridized carbons (Fsp3) is 0.600. The summed E-state index contributed by atoms with van der Waals surface area (Å²) in [6, 6.07) is 3.92. The second kappa shape index (κ2) is 4.77. The van der Waals surface area contributed by atoms with Crippen LogP contribution in [-0.2, 0) is 19.3 Å². The van der Waals surface area contributed by atoms with E-state index in [-0.39, 0.29) is 5.82 Å². The molecule has 1 nitrogen and oxygen atoms in total. The highest BCUT2D eigenvalue weighted by molar-refractivity contribution is 5.36. The van der Waals surface area contributed by atoms with Crippen molar-refractivity contribution in [2.24, 2.45) is 5.92 Å². The Morgan fingerprint density at radius 2 is 2.00 bits per heavy atom. The minimum atomic E-state index is 0.0243. The number of rotatable bonds is 2. The predicted molar refractivity (Wildman–Crippen MR) is 67.7 cm³/mol. The van der Waals surface area contributed by atoms with Crippen molar-refractivity contribution >= 4 is 0 Å². The van der Waals surface area contributed by atoms with Crippen LogP contribution in [0.5, 0.6) is 0 Å². The van der Waals surface area contributed by atoms with Gasteiger partial charge < -0.3 is 5.32 Å². The maximum atomic E-state index is 14.0. The number of hydrogen-bond acceptors (Lipinski definition) is 1. The molecule has 2 heteroatoms. The second-order valence-corrected chi connectivity index (χ2v) is 5.48. The van der Waals surface area contributed by atoms with Crippen LogP contribution in [0.4, 0.5) is 4.39 Å². The van der Waals surface area contributed by atoms with Gasteiger partial charge in [0.15, 0.2) is 0 Å². The molecular formula is C15H20FN. The van der Waals surface area contributed by atoms with Gasteiger partial charge in [-0.2, -0.15) is 0 Å². The van der Waals surface area contributed by atoms with E-state index in [4.69, 9.17) is 0 Å². The zero-order valence-corrected chi connectivity index (χ0v) is 10.3. The van der Waals surface area contributed by atoms with Gasteiger partial charge in [-0.05, 0) is 80.3 Å². The van der Waals surface area contributed by atoms with Crippen LogP contribution in [-0.4, -0.2) is 13.1 Å². The van der Waals surface area contributed by atoms with Gasteiger partial charge >= 0.3 is 0 Å². The Morgan fingerprint density at radius 3 is 2.76 bits per heavy atom. The molecule has 1 aromatic carbocycles. The van der Waals surface area contributed by atoms with Crippen molar-refractivity contribution in [2.45, 2.75) is 38.5 Å².